The summed E-state index contributed by atoms with van der Waals surface area (Å²) in [6.45, 7) is 1.88. The minimum absolute atomic E-state index is 0.336. The van der Waals surface area contributed by atoms with Crippen molar-refractivity contribution in [2.75, 3.05) is 42.3 Å². The third kappa shape index (κ3) is 3.41. The zero-order valence-corrected chi connectivity index (χ0v) is 13.0. The summed E-state index contributed by atoms with van der Waals surface area (Å²) in [5.41, 5.74) is 0. The molecule has 22 heavy (non-hydrogen) atoms. The van der Waals surface area contributed by atoms with Gasteiger partial charge in [-0.1, -0.05) is 0 Å². The molecule has 3 rings (SSSR count). The standard InChI is InChI=1S/C15H21N7/c1-21(2)14-9-13(18-11-19-14)20-12-5-3-8-22(10-12)15-16-6-4-7-17-15/h4,6-7,9,11-12H,3,5,8,10H2,1-2H3,(H,18,19,20). The Labute approximate surface area is 130 Å². The SMILES string of the molecule is CN(C)c1cc(NC2CCCN(c3ncccn3)C2)ncn1. The van der Waals surface area contributed by atoms with Crippen molar-refractivity contribution >= 4 is 17.6 Å². The van der Waals surface area contributed by atoms with Crippen molar-refractivity contribution in [2.24, 2.45) is 0 Å². The van der Waals surface area contributed by atoms with Crippen molar-refractivity contribution in [3.63, 3.8) is 0 Å². The van der Waals surface area contributed by atoms with Crippen LogP contribution in [0.2, 0.25) is 0 Å². The first-order chi connectivity index (χ1) is 10.7. The van der Waals surface area contributed by atoms with E-state index in [1.807, 2.05) is 31.1 Å². The fourth-order valence-electron chi connectivity index (χ4n) is 2.61. The van der Waals surface area contributed by atoms with Crippen LogP contribution in [-0.2, 0) is 0 Å². The number of aromatic nitrogens is 4. The molecule has 1 N–H and O–H groups in total. The molecule has 0 radical (unpaired) electrons. The molecule has 7 heteroatoms. The summed E-state index contributed by atoms with van der Waals surface area (Å²) in [6, 6.07) is 4.15. The summed E-state index contributed by atoms with van der Waals surface area (Å²) in [5.74, 6) is 2.56. The molecule has 1 aliphatic rings. The van der Waals surface area contributed by atoms with Gasteiger partial charge in [-0.3, -0.25) is 0 Å². The number of rotatable bonds is 4. The number of nitrogens with one attached hydrogen (secondary N) is 1. The first kappa shape index (κ1) is 14.5. The Balaban J connectivity index is 1.67. The van der Waals surface area contributed by atoms with Gasteiger partial charge in [-0.05, 0) is 18.9 Å². The van der Waals surface area contributed by atoms with Gasteiger partial charge in [0.05, 0.1) is 0 Å². The van der Waals surface area contributed by atoms with Gasteiger partial charge in [0.15, 0.2) is 0 Å². The Kier molecular flexibility index (Phi) is 4.32. The first-order valence-corrected chi connectivity index (χ1v) is 7.50. The Bertz CT molecular complexity index is 602. The van der Waals surface area contributed by atoms with Crippen molar-refractivity contribution in [1.82, 2.24) is 19.9 Å². The highest BCUT2D eigenvalue weighted by atomic mass is 15.3. The van der Waals surface area contributed by atoms with Crippen LogP contribution in [0.3, 0.4) is 0 Å². The third-order valence-electron chi connectivity index (χ3n) is 3.72. The molecule has 0 aliphatic carbocycles. The van der Waals surface area contributed by atoms with Crippen LogP contribution < -0.4 is 15.1 Å². The fourth-order valence-corrected chi connectivity index (χ4v) is 2.61. The van der Waals surface area contributed by atoms with E-state index in [1.165, 1.54) is 0 Å². The largest absolute Gasteiger partial charge is 0.365 e. The number of nitrogens with zero attached hydrogens (tertiary/aromatic N) is 6. The van der Waals surface area contributed by atoms with Crippen molar-refractivity contribution in [3.8, 4) is 0 Å². The second kappa shape index (κ2) is 6.55. The number of hydrogen-bond acceptors (Lipinski definition) is 7. The lowest BCUT2D eigenvalue weighted by Crippen LogP contribution is -2.43. The second-order valence-electron chi connectivity index (χ2n) is 5.63. The molecular formula is C15H21N7. The first-order valence-electron chi connectivity index (χ1n) is 7.50. The summed E-state index contributed by atoms with van der Waals surface area (Å²) in [7, 11) is 3.95. The zero-order valence-electron chi connectivity index (χ0n) is 13.0. The number of hydrogen-bond donors (Lipinski definition) is 1. The van der Waals surface area contributed by atoms with Crippen LogP contribution in [0.1, 0.15) is 12.8 Å². The highest BCUT2D eigenvalue weighted by Gasteiger charge is 2.21. The van der Waals surface area contributed by atoms with Gasteiger partial charge >= 0.3 is 0 Å². The lowest BCUT2D eigenvalue weighted by Gasteiger charge is -2.33. The molecule has 0 amide bonds. The van der Waals surface area contributed by atoms with E-state index < -0.39 is 0 Å². The summed E-state index contributed by atoms with van der Waals surface area (Å²) < 4.78 is 0. The fraction of sp³-hybridized carbons (Fsp3) is 0.467. The number of anilines is 3. The maximum Gasteiger partial charge on any atom is 0.225 e. The van der Waals surface area contributed by atoms with E-state index in [0.717, 1.165) is 43.5 Å². The molecule has 1 unspecified atom stereocenters. The molecule has 0 spiro atoms. The van der Waals surface area contributed by atoms with E-state index in [4.69, 9.17) is 0 Å². The van der Waals surface area contributed by atoms with Crippen LogP contribution in [0, 0.1) is 0 Å². The van der Waals surface area contributed by atoms with Crippen LogP contribution in [-0.4, -0.2) is 53.2 Å². The summed E-state index contributed by atoms with van der Waals surface area (Å²) in [6.07, 6.45) is 7.39. The third-order valence-corrected chi connectivity index (χ3v) is 3.72. The topological polar surface area (TPSA) is 70.1 Å². The normalized spacial score (nSPS) is 18.1. The van der Waals surface area contributed by atoms with Gasteiger partial charge in [-0.2, -0.15) is 0 Å². The molecule has 3 heterocycles. The maximum atomic E-state index is 4.34. The molecule has 2 aromatic rings. The van der Waals surface area contributed by atoms with E-state index in [-0.39, 0.29) is 0 Å². The van der Waals surface area contributed by atoms with Gasteiger partial charge in [0, 0.05) is 51.7 Å². The molecule has 1 atom stereocenters. The maximum absolute atomic E-state index is 4.34. The highest BCUT2D eigenvalue weighted by molar-refractivity contribution is 5.48. The monoisotopic (exact) mass is 299 g/mol. The van der Waals surface area contributed by atoms with E-state index in [2.05, 4.69) is 30.2 Å². The molecule has 0 saturated carbocycles. The van der Waals surface area contributed by atoms with Crippen molar-refractivity contribution in [3.05, 3.63) is 30.9 Å². The van der Waals surface area contributed by atoms with Gasteiger partial charge < -0.3 is 15.1 Å². The minimum Gasteiger partial charge on any atom is -0.365 e. The second-order valence-corrected chi connectivity index (χ2v) is 5.63. The average molecular weight is 299 g/mol. The average Bonchev–Trinajstić information content (AvgIpc) is 2.56. The highest BCUT2D eigenvalue weighted by Crippen LogP contribution is 2.19. The number of piperidine rings is 1. The van der Waals surface area contributed by atoms with Crippen LogP contribution in [0.25, 0.3) is 0 Å². The summed E-state index contributed by atoms with van der Waals surface area (Å²) in [5, 5.41) is 3.50. The molecular weight excluding hydrogens is 278 g/mol. The molecule has 1 saturated heterocycles. The van der Waals surface area contributed by atoms with Gasteiger partial charge in [0.2, 0.25) is 5.95 Å². The molecule has 2 aromatic heterocycles. The molecule has 1 fully saturated rings. The predicted molar refractivity (Wildman–Crippen MR) is 87.2 cm³/mol. The smallest absolute Gasteiger partial charge is 0.225 e. The van der Waals surface area contributed by atoms with Crippen LogP contribution in [0.15, 0.2) is 30.9 Å². The summed E-state index contributed by atoms with van der Waals surface area (Å²) >= 11 is 0. The predicted octanol–water partition coefficient (Wildman–Crippen LogP) is 1.41. The Morgan fingerprint density at radius 1 is 1.18 bits per heavy atom. The van der Waals surface area contributed by atoms with E-state index in [1.54, 1.807) is 18.7 Å². The molecule has 0 bridgehead atoms. The van der Waals surface area contributed by atoms with E-state index in [9.17, 15) is 0 Å². The molecule has 116 valence electrons. The molecule has 0 aromatic carbocycles. The lowest BCUT2D eigenvalue weighted by atomic mass is 10.1. The molecule has 7 nitrogen and oxygen atoms in total. The Hall–Kier alpha value is -2.44. The van der Waals surface area contributed by atoms with Crippen LogP contribution in [0.4, 0.5) is 17.6 Å². The van der Waals surface area contributed by atoms with Gasteiger partial charge in [-0.15, -0.1) is 0 Å². The van der Waals surface area contributed by atoms with E-state index >= 15 is 0 Å². The Morgan fingerprint density at radius 3 is 2.77 bits per heavy atom. The minimum atomic E-state index is 0.336. The van der Waals surface area contributed by atoms with Crippen LogP contribution >= 0.6 is 0 Å². The van der Waals surface area contributed by atoms with Gasteiger partial charge in [-0.25, -0.2) is 19.9 Å². The van der Waals surface area contributed by atoms with Crippen LogP contribution in [0.5, 0.6) is 0 Å². The summed E-state index contributed by atoms with van der Waals surface area (Å²) in [4.78, 5) is 21.4. The van der Waals surface area contributed by atoms with E-state index in [0.29, 0.717) is 6.04 Å². The van der Waals surface area contributed by atoms with Gasteiger partial charge in [0.1, 0.15) is 18.0 Å². The van der Waals surface area contributed by atoms with Crippen molar-refractivity contribution < 1.29 is 0 Å². The zero-order chi connectivity index (χ0) is 15.4. The quantitative estimate of drug-likeness (QED) is 0.915. The lowest BCUT2D eigenvalue weighted by molar-refractivity contribution is 0.521. The van der Waals surface area contributed by atoms with Crippen molar-refractivity contribution in [1.29, 1.82) is 0 Å². The molecule has 1 aliphatic heterocycles. The van der Waals surface area contributed by atoms with Gasteiger partial charge in [0.25, 0.3) is 0 Å². The van der Waals surface area contributed by atoms with Crippen molar-refractivity contribution in [2.45, 2.75) is 18.9 Å². The Morgan fingerprint density at radius 2 is 2.00 bits per heavy atom.